The molecule has 0 bridgehead atoms. The second-order valence-corrected chi connectivity index (χ2v) is 6.81. The summed E-state index contributed by atoms with van der Waals surface area (Å²) in [6.07, 6.45) is 3.08. The zero-order valence-corrected chi connectivity index (χ0v) is 14.4. The van der Waals surface area contributed by atoms with E-state index in [1.165, 1.54) is 18.4 Å². The van der Waals surface area contributed by atoms with Crippen LogP contribution in [0.1, 0.15) is 61.9 Å². The number of ether oxygens (including phenoxy) is 1. The molecule has 3 heteroatoms. The summed E-state index contributed by atoms with van der Waals surface area (Å²) in [7, 11) is 1.63. The molecule has 22 heavy (non-hydrogen) atoms. The quantitative estimate of drug-likeness (QED) is 0.740. The number of methoxy groups -OCH3 is 1. The SMILES string of the molecule is COc1ccc(C(C)C)cc1C(=O)CCN1CCC(C)CC1. The van der Waals surface area contributed by atoms with Gasteiger partial charge in [-0.15, -0.1) is 0 Å². The van der Waals surface area contributed by atoms with Gasteiger partial charge in [-0.05, 0) is 55.5 Å². The Hall–Kier alpha value is -1.35. The lowest BCUT2D eigenvalue weighted by molar-refractivity contribution is 0.0950. The van der Waals surface area contributed by atoms with Crippen LogP contribution >= 0.6 is 0 Å². The van der Waals surface area contributed by atoms with E-state index in [1.54, 1.807) is 7.11 Å². The van der Waals surface area contributed by atoms with Crippen LogP contribution in [0.15, 0.2) is 18.2 Å². The number of Topliss-reactive ketones (excluding diaryl/α,β-unsaturated/α-hetero) is 1. The van der Waals surface area contributed by atoms with Crippen molar-refractivity contribution in [3.63, 3.8) is 0 Å². The summed E-state index contributed by atoms with van der Waals surface area (Å²) in [6.45, 7) is 9.70. The summed E-state index contributed by atoms with van der Waals surface area (Å²) in [5.41, 5.74) is 1.93. The van der Waals surface area contributed by atoms with E-state index in [9.17, 15) is 4.79 Å². The molecular formula is C19H29NO2. The van der Waals surface area contributed by atoms with Gasteiger partial charge in [0.05, 0.1) is 12.7 Å². The van der Waals surface area contributed by atoms with Crippen LogP contribution < -0.4 is 4.74 Å². The molecule has 1 aromatic rings. The van der Waals surface area contributed by atoms with Crippen molar-refractivity contribution in [2.45, 2.75) is 46.0 Å². The minimum absolute atomic E-state index is 0.193. The van der Waals surface area contributed by atoms with E-state index in [0.717, 1.165) is 31.1 Å². The van der Waals surface area contributed by atoms with Gasteiger partial charge in [-0.3, -0.25) is 4.79 Å². The third kappa shape index (κ3) is 4.33. The number of hydrogen-bond acceptors (Lipinski definition) is 3. The highest BCUT2D eigenvalue weighted by Gasteiger charge is 2.18. The zero-order chi connectivity index (χ0) is 16.1. The number of likely N-dealkylation sites (tertiary alicyclic amines) is 1. The van der Waals surface area contributed by atoms with Crippen LogP contribution in [-0.2, 0) is 0 Å². The van der Waals surface area contributed by atoms with Gasteiger partial charge in [0.1, 0.15) is 5.75 Å². The lowest BCUT2D eigenvalue weighted by atomic mass is 9.96. The Morgan fingerprint density at radius 1 is 1.32 bits per heavy atom. The number of benzene rings is 1. The van der Waals surface area contributed by atoms with Crippen molar-refractivity contribution < 1.29 is 9.53 Å². The first-order valence-electron chi connectivity index (χ1n) is 8.44. The minimum Gasteiger partial charge on any atom is -0.496 e. The molecule has 1 saturated heterocycles. The molecule has 0 unspecified atom stereocenters. The Morgan fingerprint density at radius 2 is 2.00 bits per heavy atom. The zero-order valence-electron chi connectivity index (χ0n) is 14.4. The van der Waals surface area contributed by atoms with E-state index in [1.807, 2.05) is 18.2 Å². The average molecular weight is 303 g/mol. The van der Waals surface area contributed by atoms with E-state index in [-0.39, 0.29) is 5.78 Å². The first-order chi connectivity index (χ1) is 10.5. The van der Waals surface area contributed by atoms with Crippen molar-refractivity contribution in [3.05, 3.63) is 29.3 Å². The van der Waals surface area contributed by atoms with Gasteiger partial charge in [-0.25, -0.2) is 0 Å². The van der Waals surface area contributed by atoms with Gasteiger partial charge in [-0.2, -0.15) is 0 Å². The van der Waals surface area contributed by atoms with Gasteiger partial charge >= 0.3 is 0 Å². The molecule has 0 aromatic heterocycles. The van der Waals surface area contributed by atoms with Crippen LogP contribution in [0.2, 0.25) is 0 Å². The van der Waals surface area contributed by atoms with Gasteiger partial charge in [-0.1, -0.05) is 26.8 Å². The second-order valence-electron chi connectivity index (χ2n) is 6.81. The van der Waals surface area contributed by atoms with Crippen LogP contribution in [0.3, 0.4) is 0 Å². The molecule has 1 heterocycles. The van der Waals surface area contributed by atoms with E-state index in [0.29, 0.717) is 18.1 Å². The summed E-state index contributed by atoms with van der Waals surface area (Å²) < 4.78 is 5.37. The Labute approximate surface area is 134 Å². The molecule has 0 radical (unpaired) electrons. The molecule has 3 nitrogen and oxygen atoms in total. The lowest BCUT2D eigenvalue weighted by Gasteiger charge is -2.29. The molecule has 122 valence electrons. The largest absolute Gasteiger partial charge is 0.496 e. The van der Waals surface area contributed by atoms with Gasteiger partial charge in [0.25, 0.3) is 0 Å². The predicted octanol–water partition coefficient (Wildman–Crippen LogP) is 4.12. The summed E-state index contributed by atoms with van der Waals surface area (Å²) in [6, 6.07) is 5.97. The van der Waals surface area contributed by atoms with Crippen molar-refractivity contribution in [1.82, 2.24) is 4.90 Å². The van der Waals surface area contributed by atoms with Gasteiger partial charge < -0.3 is 9.64 Å². The van der Waals surface area contributed by atoms with Crippen molar-refractivity contribution in [2.75, 3.05) is 26.7 Å². The Morgan fingerprint density at radius 3 is 2.59 bits per heavy atom. The third-order valence-electron chi connectivity index (χ3n) is 4.72. The summed E-state index contributed by atoms with van der Waals surface area (Å²) in [4.78, 5) is 15.0. The van der Waals surface area contributed by atoms with Crippen LogP contribution in [-0.4, -0.2) is 37.4 Å². The van der Waals surface area contributed by atoms with Crippen LogP contribution in [0.5, 0.6) is 5.75 Å². The fourth-order valence-corrected chi connectivity index (χ4v) is 2.98. The molecule has 0 spiro atoms. The van der Waals surface area contributed by atoms with E-state index >= 15 is 0 Å². The summed E-state index contributed by atoms with van der Waals surface area (Å²) >= 11 is 0. The number of carbonyl (C=O) groups is 1. The predicted molar refractivity (Wildman–Crippen MR) is 90.9 cm³/mol. The molecule has 0 amide bonds. The number of hydrogen-bond donors (Lipinski definition) is 0. The molecule has 1 aromatic carbocycles. The lowest BCUT2D eigenvalue weighted by Crippen LogP contribution is -2.34. The molecule has 0 saturated carbocycles. The summed E-state index contributed by atoms with van der Waals surface area (Å²) in [5, 5.41) is 0. The first-order valence-corrected chi connectivity index (χ1v) is 8.44. The molecule has 0 atom stereocenters. The molecular weight excluding hydrogens is 274 g/mol. The molecule has 1 aliphatic heterocycles. The number of carbonyl (C=O) groups excluding carboxylic acids is 1. The maximum Gasteiger partial charge on any atom is 0.167 e. The smallest absolute Gasteiger partial charge is 0.167 e. The normalized spacial score (nSPS) is 17.0. The van der Waals surface area contributed by atoms with Gasteiger partial charge in [0.15, 0.2) is 5.78 Å². The number of nitrogens with zero attached hydrogens (tertiary/aromatic N) is 1. The van der Waals surface area contributed by atoms with Crippen molar-refractivity contribution in [1.29, 1.82) is 0 Å². The Kier molecular flexibility index (Phi) is 6.01. The molecule has 0 aliphatic carbocycles. The third-order valence-corrected chi connectivity index (χ3v) is 4.72. The topological polar surface area (TPSA) is 29.5 Å². The monoisotopic (exact) mass is 303 g/mol. The van der Waals surface area contributed by atoms with Gasteiger partial charge in [0, 0.05) is 13.0 Å². The number of piperidine rings is 1. The highest BCUT2D eigenvalue weighted by Crippen LogP contribution is 2.25. The maximum atomic E-state index is 12.6. The van der Waals surface area contributed by atoms with Crippen molar-refractivity contribution in [2.24, 2.45) is 5.92 Å². The minimum atomic E-state index is 0.193. The molecule has 1 fully saturated rings. The van der Waals surface area contributed by atoms with Crippen LogP contribution in [0.25, 0.3) is 0 Å². The second kappa shape index (κ2) is 7.77. The molecule has 1 aliphatic rings. The van der Waals surface area contributed by atoms with Crippen LogP contribution in [0, 0.1) is 5.92 Å². The molecule has 2 rings (SSSR count). The fraction of sp³-hybridized carbons (Fsp3) is 0.632. The maximum absolute atomic E-state index is 12.6. The highest BCUT2D eigenvalue weighted by molar-refractivity contribution is 5.99. The Balaban J connectivity index is 2.00. The average Bonchev–Trinajstić information content (AvgIpc) is 2.53. The van der Waals surface area contributed by atoms with Crippen molar-refractivity contribution >= 4 is 5.78 Å². The fourth-order valence-electron chi connectivity index (χ4n) is 2.98. The van der Waals surface area contributed by atoms with Crippen LogP contribution in [0.4, 0.5) is 0 Å². The Bertz CT molecular complexity index is 502. The van der Waals surface area contributed by atoms with E-state index in [2.05, 4.69) is 25.7 Å². The highest BCUT2D eigenvalue weighted by atomic mass is 16.5. The van der Waals surface area contributed by atoms with Crippen molar-refractivity contribution in [3.8, 4) is 5.75 Å². The summed E-state index contributed by atoms with van der Waals surface area (Å²) in [5.74, 6) is 2.13. The first kappa shape index (κ1) is 17.0. The molecule has 0 N–H and O–H groups in total. The van der Waals surface area contributed by atoms with E-state index < -0.39 is 0 Å². The number of ketones is 1. The van der Waals surface area contributed by atoms with Gasteiger partial charge in [0.2, 0.25) is 0 Å². The standard InChI is InChI=1S/C19H29NO2/c1-14(2)16-5-6-19(22-4)17(13-16)18(21)9-12-20-10-7-15(3)8-11-20/h5-6,13-15H,7-12H2,1-4H3. The van der Waals surface area contributed by atoms with E-state index in [4.69, 9.17) is 4.74 Å². The number of rotatable bonds is 6.